The SMILES string of the molecule is COC(=O)C(Cc1ccc2ccccc2c1)NC(=O)[C@H]1C[C@H](c2ccc3c(c2)CN(C(=O)OC(C)(C)C)[C@@H](C)C3)CN1C(=O)OC(C)(C)C. The standard InChI is InChI=1S/C39H49N3O7/c1-24-17-28-15-16-29(20-30(28)22-41(24)36(45)48-38(2,3)4)31-21-33(42(23-31)37(46)49-39(5,6)7)34(43)40-32(35(44)47-8)19-25-13-14-26-11-9-10-12-27(26)18-25/h9-16,18,20,24,31-33H,17,19,21-23H2,1-8H3,(H,40,43)/t24-,31-,32?,33+/m0/s1. The first-order chi connectivity index (χ1) is 23.0. The van der Waals surface area contributed by atoms with Crippen LogP contribution in [0.1, 0.15) is 83.1 Å². The van der Waals surface area contributed by atoms with Gasteiger partial charge in [-0.15, -0.1) is 0 Å². The summed E-state index contributed by atoms with van der Waals surface area (Å²) in [5.74, 6) is -1.20. The number of nitrogens with zero attached hydrogens (tertiary/aromatic N) is 2. The highest BCUT2D eigenvalue weighted by Gasteiger charge is 2.43. The Morgan fingerprint density at radius 1 is 0.837 bits per heavy atom. The molecule has 5 rings (SSSR count). The number of hydrogen-bond acceptors (Lipinski definition) is 7. The molecule has 1 saturated heterocycles. The van der Waals surface area contributed by atoms with Gasteiger partial charge in [-0.05, 0) is 94.3 Å². The average molecular weight is 672 g/mol. The molecule has 1 fully saturated rings. The first-order valence-corrected chi connectivity index (χ1v) is 17.0. The number of rotatable bonds is 6. The van der Waals surface area contributed by atoms with Crippen molar-refractivity contribution in [1.82, 2.24) is 15.1 Å². The van der Waals surface area contributed by atoms with Crippen LogP contribution in [-0.4, -0.2) is 76.8 Å². The zero-order valence-electron chi connectivity index (χ0n) is 29.9. The Morgan fingerprint density at radius 2 is 1.49 bits per heavy atom. The molecule has 2 aliphatic heterocycles. The van der Waals surface area contributed by atoms with Crippen molar-refractivity contribution in [1.29, 1.82) is 0 Å². The van der Waals surface area contributed by atoms with Gasteiger partial charge in [0, 0.05) is 31.5 Å². The summed E-state index contributed by atoms with van der Waals surface area (Å²) in [5.41, 5.74) is 2.62. The molecule has 3 aromatic rings. The fourth-order valence-electron chi connectivity index (χ4n) is 6.63. The second kappa shape index (κ2) is 14.1. The molecular weight excluding hydrogens is 622 g/mol. The van der Waals surface area contributed by atoms with Crippen LogP contribution in [-0.2, 0) is 43.2 Å². The van der Waals surface area contributed by atoms with Crippen molar-refractivity contribution in [2.24, 2.45) is 0 Å². The van der Waals surface area contributed by atoms with E-state index in [1.165, 1.54) is 12.0 Å². The molecule has 49 heavy (non-hydrogen) atoms. The summed E-state index contributed by atoms with van der Waals surface area (Å²) in [6.45, 7) is 13.6. The molecule has 0 aromatic heterocycles. The van der Waals surface area contributed by atoms with E-state index in [9.17, 15) is 19.2 Å². The Kier molecular flexibility index (Phi) is 10.3. The lowest BCUT2D eigenvalue weighted by molar-refractivity contribution is -0.145. The predicted octanol–water partition coefficient (Wildman–Crippen LogP) is 6.52. The molecule has 4 atom stereocenters. The van der Waals surface area contributed by atoms with E-state index in [4.69, 9.17) is 14.2 Å². The van der Waals surface area contributed by atoms with Crippen molar-refractivity contribution >= 4 is 34.8 Å². The van der Waals surface area contributed by atoms with Crippen LogP contribution in [0.3, 0.4) is 0 Å². The summed E-state index contributed by atoms with van der Waals surface area (Å²) in [6, 6.07) is 18.2. The Morgan fingerprint density at radius 3 is 2.14 bits per heavy atom. The van der Waals surface area contributed by atoms with Gasteiger partial charge >= 0.3 is 18.2 Å². The van der Waals surface area contributed by atoms with Crippen LogP contribution in [0.5, 0.6) is 0 Å². The van der Waals surface area contributed by atoms with E-state index < -0.39 is 41.3 Å². The largest absolute Gasteiger partial charge is 0.467 e. The van der Waals surface area contributed by atoms with Crippen molar-refractivity contribution in [3.8, 4) is 0 Å². The normalized spacial score (nSPS) is 20.0. The topological polar surface area (TPSA) is 114 Å². The molecule has 0 aliphatic carbocycles. The van der Waals surface area contributed by atoms with E-state index in [1.807, 2.05) is 76.2 Å². The summed E-state index contributed by atoms with van der Waals surface area (Å²) in [5, 5.41) is 5.00. The third-order valence-corrected chi connectivity index (χ3v) is 9.01. The molecular formula is C39H49N3O7. The smallest absolute Gasteiger partial charge is 0.410 e. The van der Waals surface area contributed by atoms with E-state index in [0.717, 1.165) is 33.0 Å². The molecule has 0 bridgehead atoms. The number of ether oxygens (including phenoxy) is 3. The van der Waals surface area contributed by atoms with E-state index in [0.29, 0.717) is 19.4 Å². The predicted molar refractivity (Wildman–Crippen MR) is 187 cm³/mol. The molecule has 1 unspecified atom stereocenters. The number of carbonyl (C=O) groups excluding carboxylic acids is 4. The minimum Gasteiger partial charge on any atom is -0.467 e. The van der Waals surface area contributed by atoms with E-state index >= 15 is 0 Å². The summed E-state index contributed by atoms with van der Waals surface area (Å²) in [6.07, 6.45) is 0.305. The number of esters is 1. The first-order valence-electron chi connectivity index (χ1n) is 17.0. The highest BCUT2D eigenvalue weighted by Crippen LogP contribution is 2.36. The molecule has 0 saturated carbocycles. The van der Waals surface area contributed by atoms with Crippen molar-refractivity contribution in [2.75, 3.05) is 13.7 Å². The Labute approximate surface area is 289 Å². The second-order valence-electron chi connectivity index (χ2n) is 15.2. The maximum absolute atomic E-state index is 14.0. The third kappa shape index (κ3) is 8.71. The number of carbonyl (C=O) groups is 4. The zero-order valence-corrected chi connectivity index (χ0v) is 29.9. The second-order valence-corrected chi connectivity index (χ2v) is 15.2. The van der Waals surface area contributed by atoms with Gasteiger partial charge in [0.15, 0.2) is 0 Å². The number of amides is 3. The van der Waals surface area contributed by atoms with Crippen LogP contribution in [0.25, 0.3) is 10.8 Å². The fraction of sp³-hybridized carbons (Fsp3) is 0.487. The minimum atomic E-state index is -0.956. The first kappa shape index (κ1) is 35.7. The molecule has 3 aromatic carbocycles. The van der Waals surface area contributed by atoms with Gasteiger partial charge in [-0.1, -0.05) is 60.7 Å². The van der Waals surface area contributed by atoms with Crippen LogP contribution >= 0.6 is 0 Å². The summed E-state index contributed by atoms with van der Waals surface area (Å²) in [4.78, 5) is 56.7. The quantitative estimate of drug-likeness (QED) is 0.235. The average Bonchev–Trinajstić information content (AvgIpc) is 3.48. The van der Waals surface area contributed by atoms with Gasteiger partial charge in [-0.3, -0.25) is 9.69 Å². The lowest BCUT2D eigenvalue weighted by atomic mass is 9.88. The van der Waals surface area contributed by atoms with Crippen molar-refractivity contribution in [2.45, 2.75) is 110 Å². The zero-order chi connectivity index (χ0) is 35.7. The van der Waals surface area contributed by atoms with Gasteiger partial charge in [0.2, 0.25) is 5.91 Å². The van der Waals surface area contributed by atoms with Crippen molar-refractivity contribution < 1.29 is 33.4 Å². The lowest BCUT2D eigenvalue weighted by Gasteiger charge is -2.36. The van der Waals surface area contributed by atoms with Crippen molar-refractivity contribution in [3.05, 3.63) is 82.9 Å². The molecule has 0 spiro atoms. The summed E-state index contributed by atoms with van der Waals surface area (Å²) >= 11 is 0. The van der Waals surface area contributed by atoms with E-state index in [2.05, 4.69) is 17.4 Å². The Balaban J connectivity index is 1.38. The van der Waals surface area contributed by atoms with Crippen LogP contribution in [0.15, 0.2) is 60.7 Å². The molecule has 0 radical (unpaired) electrons. The number of hydrogen-bond donors (Lipinski definition) is 1. The van der Waals surface area contributed by atoms with Crippen LogP contribution < -0.4 is 5.32 Å². The monoisotopic (exact) mass is 671 g/mol. The Hall–Kier alpha value is -4.60. The maximum Gasteiger partial charge on any atom is 0.410 e. The highest BCUT2D eigenvalue weighted by atomic mass is 16.6. The lowest BCUT2D eigenvalue weighted by Crippen LogP contribution is -2.52. The highest BCUT2D eigenvalue weighted by molar-refractivity contribution is 5.90. The van der Waals surface area contributed by atoms with Crippen LogP contribution in [0, 0.1) is 0 Å². The molecule has 1 N–H and O–H groups in total. The van der Waals surface area contributed by atoms with Crippen molar-refractivity contribution in [3.63, 3.8) is 0 Å². The van der Waals surface area contributed by atoms with Gasteiger partial charge in [0.05, 0.1) is 7.11 Å². The maximum atomic E-state index is 14.0. The summed E-state index contributed by atoms with van der Waals surface area (Å²) in [7, 11) is 1.29. The van der Waals surface area contributed by atoms with Gasteiger partial charge in [0.1, 0.15) is 23.3 Å². The number of nitrogens with one attached hydrogen (secondary N) is 1. The third-order valence-electron chi connectivity index (χ3n) is 9.01. The van der Waals surface area contributed by atoms with Gasteiger partial charge in [-0.2, -0.15) is 0 Å². The molecule has 262 valence electrons. The molecule has 2 heterocycles. The van der Waals surface area contributed by atoms with Gasteiger partial charge in [-0.25, -0.2) is 14.4 Å². The number of likely N-dealkylation sites (tertiary alicyclic amines) is 1. The summed E-state index contributed by atoms with van der Waals surface area (Å²) < 4.78 is 16.5. The molecule has 3 amide bonds. The van der Waals surface area contributed by atoms with Crippen LogP contribution in [0.2, 0.25) is 0 Å². The number of benzene rings is 3. The number of methoxy groups -OCH3 is 1. The number of fused-ring (bicyclic) bond motifs is 2. The van der Waals surface area contributed by atoms with E-state index in [-0.39, 0.29) is 31.0 Å². The van der Waals surface area contributed by atoms with Crippen LogP contribution in [0.4, 0.5) is 9.59 Å². The molecule has 10 heteroatoms. The van der Waals surface area contributed by atoms with E-state index in [1.54, 1.807) is 25.7 Å². The van der Waals surface area contributed by atoms with Gasteiger partial charge < -0.3 is 24.4 Å². The van der Waals surface area contributed by atoms with Gasteiger partial charge in [0.25, 0.3) is 0 Å². The molecule has 10 nitrogen and oxygen atoms in total. The molecule has 2 aliphatic rings. The fourth-order valence-corrected chi connectivity index (χ4v) is 6.63. The Bertz CT molecular complexity index is 1720. The minimum absolute atomic E-state index is 0.0206.